The molecule has 2 nitrogen and oxygen atoms in total. The van der Waals surface area contributed by atoms with Crippen molar-refractivity contribution in [1.82, 2.24) is 0 Å². The summed E-state index contributed by atoms with van der Waals surface area (Å²) in [6.45, 7) is 9.18. The summed E-state index contributed by atoms with van der Waals surface area (Å²) in [6, 6.07) is 67.8. The third kappa shape index (κ3) is 6.37. The van der Waals surface area contributed by atoms with Crippen LogP contribution in [0.4, 0.5) is 17.1 Å². The van der Waals surface area contributed by atoms with Gasteiger partial charge in [-0.05, 0) is 94.1 Å². The number of benzene rings is 7. The van der Waals surface area contributed by atoms with Gasteiger partial charge >= 0.3 is 0 Å². The van der Waals surface area contributed by atoms with Crippen LogP contribution in [0.15, 0.2) is 235 Å². The molecule has 2 heteroatoms. The van der Waals surface area contributed by atoms with Gasteiger partial charge in [0.05, 0.1) is 28.2 Å². The molecule has 1 aliphatic carbocycles. The SMILES string of the molecule is C=C(N=C(C1=C(C)c2ccccc2C12c1ccccc1N(c1ccccc1)c1ccccc12)c1ccc(-c2ccccc2)cc1)C(/C=C\Cc1ccccc1)=C/CC. The van der Waals surface area contributed by atoms with Crippen LogP contribution >= 0.6 is 0 Å². The molecule has 0 aromatic heterocycles. The van der Waals surface area contributed by atoms with Crippen molar-refractivity contribution in [2.75, 3.05) is 4.90 Å². The first-order valence-electron chi connectivity index (χ1n) is 20.3. The van der Waals surface area contributed by atoms with E-state index in [9.17, 15) is 0 Å². The summed E-state index contributed by atoms with van der Waals surface area (Å²) < 4.78 is 0. The van der Waals surface area contributed by atoms with Gasteiger partial charge < -0.3 is 4.90 Å². The largest absolute Gasteiger partial charge is 0.310 e. The predicted octanol–water partition coefficient (Wildman–Crippen LogP) is 14.4. The lowest BCUT2D eigenvalue weighted by Crippen LogP contribution is -2.39. The zero-order chi connectivity index (χ0) is 39.5. The van der Waals surface area contributed by atoms with Gasteiger partial charge in [-0.25, -0.2) is 4.99 Å². The minimum absolute atomic E-state index is 0.672. The Morgan fingerprint density at radius 3 is 1.78 bits per heavy atom. The average Bonchev–Trinajstić information content (AvgIpc) is 3.54. The molecule has 0 saturated carbocycles. The Kier molecular flexibility index (Phi) is 10.00. The summed E-state index contributed by atoms with van der Waals surface area (Å²) in [6.07, 6.45) is 8.37. The molecular formula is C56H46N2. The number of fused-ring (bicyclic) bond motifs is 6. The molecule has 9 rings (SSSR count). The van der Waals surface area contributed by atoms with Crippen molar-refractivity contribution in [2.24, 2.45) is 4.99 Å². The van der Waals surface area contributed by atoms with Gasteiger partial charge in [-0.15, -0.1) is 0 Å². The Morgan fingerprint density at radius 1 is 0.603 bits per heavy atom. The standard InChI is InChI=1S/C56H46N2/c1-4-21-43(27-20-24-42-22-8-5-9-23-42)41(3)57-55(46-38-36-45(37-39-46)44-25-10-6-11-26-44)54-40(2)48-30-14-15-31-49(48)56(54)50-32-16-18-34-52(50)58(47-28-12-7-13-29-47)53-35-19-17-33-51(53)56/h5-23,25-39H,3-4,24H2,1-2H3/b27-20-,43-21+,57-55?. The molecule has 0 saturated heterocycles. The highest BCUT2D eigenvalue weighted by atomic mass is 15.2. The second-order valence-electron chi connectivity index (χ2n) is 15.0. The smallest absolute Gasteiger partial charge is 0.0772 e. The molecule has 7 aromatic carbocycles. The Morgan fingerprint density at radius 2 is 1.14 bits per heavy atom. The Hall–Kier alpha value is -7.03. The quantitative estimate of drug-likeness (QED) is 0.101. The van der Waals surface area contributed by atoms with Crippen molar-refractivity contribution in [1.29, 1.82) is 0 Å². The number of hydrogen-bond donors (Lipinski definition) is 0. The van der Waals surface area contributed by atoms with Crippen molar-refractivity contribution in [3.63, 3.8) is 0 Å². The molecule has 58 heavy (non-hydrogen) atoms. The van der Waals surface area contributed by atoms with Crippen molar-refractivity contribution in [3.8, 4) is 11.1 Å². The van der Waals surface area contributed by atoms with E-state index in [2.05, 4.69) is 225 Å². The maximum atomic E-state index is 5.71. The highest BCUT2D eigenvalue weighted by molar-refractivity contribution is 6.22. The fraction of sp³-hybridized carbons (Fsp3) is 0.0893. The average molecular weight is 747 g/mol. The fourth-order valence-corrected chi connectivity index (χ4v) is 9.06. The first-order valence-corrected chi connectivity index (χ1v) is 20.3. The highest BCUT2D eigenvalue weighted by Gasteiger charge is 2.53. The maximum absolute atomic E-state index is 5.71. The van der Waals surface area contributed by atoms with Crippen LogP contribution in [0, 0.1) is 0 Å². The summed E-state index contributed by atoms with van der Waals surface area (Å²) in [7, 11) is 0. The molecule has 0 unspecified atom stereocenters. The number of anilines is 3. The van der Waals surface area contributed by atoms with E-state index in [1.807, 2.05) is 0 Å². The Balaban J connectivity index is 1.29. The highest BCUT2D eigenvalue weighted by Crippen LogP contribution is 2.63. The molecule has 7 aromatic rings. The number of hydrogen-bond acceptors (Lipinski definition) is 2. The summed E-state index contributed by atoms with van der Waals surface area (Å²) in [5, 5.41) is 0. The number of aliphatic imine (C=N–C) groups is 1. The molecule has 0 amide bonds. The second-order valence-corrected chi connectivity index (χ2v) is 15.0. The summed E-state index contributed by atoms with van der Waals surface area (Å²) in [5.74, 6) is 0. The van der Waals surface area contributed by atoms with Gasteiger partial charge in [-0.2, -0.15) is 0 Å². The zero-order valence-electron chi connectivity index (χ0n) is 33.1. The molecule has 0 bridgehead atoms. The lowest BCUT2D eigenvalue weighted by Gasteiger charge is -2.46. The van der Waals surface area contributed by atoms with Gasteiger partial charge in [0.1, 0.15) is 0 Å². The molecule has 0 fully saturated rings. The van der Waals surface area contributed by atoms with Crippen LogP contribution in [-0.4, -0.2) is 5.71 Å². The van der Waals surface area contributed by atoms with Crippen LogP contribution < -0.4 is 4.90 Å². The van der Waals surface area contributed by atoms with Crippen LogP contribution in [0.5, 0.6) is 0 Å². The number of para-hydroxylation sites is 3. The van der Waals surface area contributed by atoms with Gasteiger partial charge in [-0.1, -0.05) is 196 Å². The lowest BCUT2D eigenvalue weighted by atomic mass is 9.62. The van der Waals surface area contributed by atoms with E-state index in [4.69, 9.17) is 11.6 Å². The van der Waals surface area contributed by atoms with Gasteiger partial charge in [0.15, 0.2) is 0 Å². The van der Waals surface area contributed by atoms with Crippen LogP contribution in [-0.2, 0) is 11.8 Å². The summed E-state index contributed by atoms with van der Waals surface area (Å²) >= 11 is 0. The van der Waals surface area contributed by atoms with Crippen molar-refractivity contribution in [3.05, 3.63) is 263 Å². The van der Waals surface area contributed by atoms with Crippen LogP contribution in [0.3, 0.4) is 0 Å². The van der Waals surface area contributed by atoms with Crippen LogP contribution in [0.2, 0.25) is 0 Å². The van der Waals surface area contributed by atoms with E-state index in [-0.39, 0.29) is 0 Å². The van der Waals surface area contributed by atoms with E-state index in [0.29, 0.717) is 0 Å². The third-order valence-corrected chi connectivity index (χ3v) is 11.6. The van der Waals surface area contributed by atoms with Gasteiger partial charge in [-0.3, -0.25) is 0 Å². The van der Waals surface area contributed by atoms with Gasteiger partial charge in [0.25, 0.3) is 0 Å². The molecule has 0 N–H and O–H groups in total. The van der Waals surface area contributed by atoms with E-state index < -0.39 is 5.41 Å². The molecular weight excluding hydrogens is 701 g/mol. The number of nitrogens with zero attached hydrogens (tertiary/aromatic N) is 2. The normalized spacial score (nSPS) is 14.4. The van der Waals surface area contributed by atoms with Gasteiger partial charge in [0.2, 0.25) is 0 Å². The molecule has 0 atom stereocenters. The first-order chi connectivity index (χ1) is 28.6. The monoisotopic (exact) mass is 746 g/mol. The fourth-order valence-electron chi connectivity index (χ4n) is 9.06. The van der Waals surface area contributed by atoms with Crippen molar-refractivity contribution in [2.45, 2.75) is 32.1 Å². The van der Waals surface area contributed by atoms with Crippen LogP contribution in [0.25, 0.3) is 16.7 Å². The van der Waals surface area contributed by atoms with Crippen LogP contribution in [0.1, 0.15) is 53.6 Å². The lowest BCUT2D eigenvalue weighted by molar-refractivity contribution is 0.754. The van der Waals surface area contributed by atoms with E-state index in [1.165, 1.54) is 50.1 Å². The van der Waals surface area contributed by atoms with E-state index in [1.54, 1.807) is 0 Å². The molecule has 1 spiro atoms. The van der Waals surface area contributed by atoms with E-state index >= 15 is 0 Å². The molecule has 2 aliphatic rings. The number of rotatable bonds is 10. The minimum atomic E-state index is -0.672. The molecule has 1 heterocycles. The first kappa shape index (κ1) is 36.6. The predicted molar refractivity (Wildman–Crippen MR) is 245 cm³/mol. The number of allylic oxidation sites excluding steroid dienone is 5. The summed E-state index contributed by atoms with van der Waals surface area (Å²) in [4.78, 5) is 8.14. The second kappa shape index (κ2) is 15.8. The summed E-state index contributed by atoms with van der Waals surface area (Å²) in [5.41, 5.74) is 17.5. The molecule has 280 valence electrons. The molecule has 1 aliphatic heterocycles. The Labute approximate surface area is 343 Å². The zero-order valence-corrected chi connectivity index (χ0v) is 33.1. The maximum Gasteiger partial charge on any atom is 0.0772 e. The van der Waals surface area contributed by atoms with Crippen molar-refractivity contribution < 1.29 is 0 Å². The van der Waals surface area contributed by atoms with Crippen molar-refractivity contribution >= 4 is 28.3 Å². The third-order valence-electron chi connectivity index (χ3n) is 11.6. The Bertz CT molecular complexity index is 2680. The topological polar surface area (TPSA) is 15.6 Å². The van der Waals surface area contributed by atoms with Gasteiger partial charge in [0, 0.05) is 16.8 Å². The molecule has 0 radical (unpaired) electrons. The minimum Gasteiger partial charge on any atom is -0.310 e. The van der Waals surface area contributed by atoms with E-state index in [0.717, 1.165) is 52.4 Å².